The molecular formula is C15H18BrN3. The quantitative estimate of drug-likeness (QED) is 0.931. The summed E-state index contributed by atoms with van der Waals surface area (Å²) in [6, 6.07) is 9.11. The van der Waals surface area contributed by atoms with E-state index in [1.807, 2.05) is 18.7 Å². The first-order valence-electron chi connectivity index (χ1n) is 6.64. The predicted octanol–water partition coefficient (Wildman–Crippen LogP) is 3.85. The van der Waals surface area contributed by atoms with Gasteiger partial charge in [0, 0.05) is 23.8 Å². The van der Waals surface area contributed by atoms with Crippen LogP contribution in [0, 0.1) is 6.92 Å². The van der Waals surface area contributed by atoms with Crippen molar-refractivity contribution in [3.63, 3.8) is 0 Å². The Balaban J connectivity index is 1.62. The summed E-state index contributed by atoms with van der Waals surface area (Å²) in [7, 11) is 1.96. The minimum atomic E-state index is 0.569. The summed E-state index contributed by atoms with van der Waals surface area (Å²) in [5.41, 5.74) is 3.67. The molecule has 1 heterocycles. The summed E-state index contributed by atoms with van der Waals surface area (Å²) in [5.74, 6) is 0.671. The van der Waals surface area contributed by atoms with Crippen LogP contribution in [0.2, 0.25) is 0 Å². The molecule has 0 aliphatic heterocycles. The molecule has 0 amide bonds. The van der Waals surface area contributed by atoms with Crippen LogP contribution < -0.4 is 5.32 Å². The Labute approximate surface area is 122 Å². The number of nitrogens with one attached hydrogen (secondary N) is 1. The van der Waals surface area contributed by atoms with Gasteiger partial charge in [-0.2, -0.15) is 5.10 Å². The summed E-state index contributed by atoms with van der Waals surface area (Å²) >= 11 is 3.64. The molecule has 0 unspecified atom stereocenters. The van der Waals surface area contributed by atoms with Gasteiger partial charge in [0.1, 0.15) is 0 Å². The monoisotopic (exact) mass is 319 g/mol. The lowest BCUT2D eigenvalue weighted by Crippen LogP contribution is -2.34. The van der Waals surface area contributed by atoms with Gasteiger partial charge in [-0.15, -0.1) is 0 Å². The largest absolute Gasteiger partial charge is 0.380 e. The first-order valence-corrected chi connectivity index (χ1v) is 7.44. The van der Waals surface area contributed by atoms with E-state index in [0.29, 0.717) is 12.0 Å². The van der Waals surface area contributed by atoms with Gasteiger partial charge in [-0.1, -0.05) is 34.1 Å². The lowest BCUT2D eigenvalue weighted by atomic mass is 9.76. The zero-order valence-electron chi connectivity index (χ0n) is 11.2. The first kappa shape index (κ1) is 12.7. The Morgan fingerprint density at radius 3 is 2.68 bits per heavy atom. The summed E-state index contributed by atoms with van der Waals surface area (Å²) in [6.07, 6.45) is 4.44. The van der Waals surface area contributed by atoms with Crippen molar-refractivity contribution in [3.8, 4) is 0 Å². The molecule has 0 bridgehead atoms. The zero-order chi connectivity index (χ0) is 13.4. The van der Waals surface area contributed by atoms with Crippen molar-refractivity contribution in [3.05, 3.63) is 46.2 Å². The lowest BCUT2D eigenvalue weighted by molar-refractivity contribution is 0.373. The molecule has 1 saturated carbocycles. The number of hydrogen-bond donors (Lipinski definition) is 1. The van der Waals surface area contributed by atoms with Crippen LogP contribution >= 0.6 is 15.9 Å². The molecule has 3 nitrogen and oxygen atoms in total. The molecular weight excluding hydrogens is 302 g/mol. The summed E-state index contributed by atoms with van der Waals surface area (Å²) in [4.78, 5) is 0. The normalized spacial score (nSPS) is 22.1. The van der Waals surface area contributed by atoms with Crippen molar-refractivity contribution < 1.29 is 0 Å². The van der Waals surface area contributed by atoms with E-state index in [1.54, 1.807) is 0 Å². The summed E-state index contributed by atoms with van der Waals surface area (Å²) in [5, 5.41) is 7.95. The molecule has 1 aliphatic rings. The van der Waals surface area contributed by atoms with Gasteiger partial charge in [0.25, 0.3) is 0 Å². The van der Waals surface area contributed by atoms with E-state index in [-0.39, 0.29) is 0 Å². The van der Waals surface area contributed by atoms with Crippen LogP contribution in [0.5, 0.6) is 0 Å². The van der Waals surface area contributed by atoms with Crippen LogP contribution in [-0.4, -0.2) is 15.8 Å². The van der Waals surface area contributed by atoms with Crippen molar-refractivity contribution in [2.75, 3.05) is 5.32 Å². The molecule has 1 aliphatic carbocycles. The summed E-state index contributed by atoms with van der Waals surface area (Å²) < 4.78 is 3.10. The lowest BCUT2D eigenvalue weighted by Gasteiger charge is -2.37. The molecule has 0 atom stereocenters. The van der Waals surface area contributed by atoms with Crippen LogP contribution in [0.25, 0.3) is 0 Å². The molecule has 19 heavy (non-hydrogen) atoms. The number of nitrogens with zero attached hydrogens (tertiary/aromatic N) is 2. The highest BCUT2D eigenvalue weighted by Crippen LogP contribution is 2.41. The average molecular weight is 320 g/mol. The number of aryl methyl sites for hydroxylation is 2. The van der Waals surface area contributed by atoms with Crippen LogP contribution in [-0.2, 0) is 7.05 Å². The average Bonchev–Trinajstić information content (AvgIpc) is 2.63. The second-order valence-corrected chi connectivity index (χ2v) is 6.19. The maximum absolute atomic E-state index is 4.36. The second-order valence-electron chi connectivity index (χ2n) is 5.33. The Kier molecular flexibility index (Phi) is 3.35. The minimum absolute atomic E-state index is 0.569. The number of rotatable bonds is 3. The third-order valence-corrected chi connectivity index (χ3v) is 4.58. The highest BCUT2D eigenvalue weighted by Gasteiger charge is 2.31. The molecule has 3 rings (SSSR count). The predicted molar refractivity (Wildman–Crippen MR) is 81.5 cm³/mol. The second kappa shape index (κ2) is 5.00. The van der Waals surface area contributed by atoms with Crippen LogP contribution in [0.4, 0.5) is 5.69 Å². The topological polar surface area (TPSA) is 29.9 Å². The molecule has 0 saturated heterocycles. The molecule has 0 spiro atoms. The number of benzene rings is 1. The van der Waals surface area contributed by atoms with Gasteiger partial charge in [-0.25, -0.2) is 0 Å². The van der Waals surface area contributed by atoms with Crippen molar-refractivity contribution in [1.29, 1.82) is 0 Å². The molecule has 1 aromatic heterocycles. The maximum Gasteiger partial charge on any atom is 0.0825 e. The van der Waals surface area contributed by atoms with Crippen molar-refractivity contribution in [2.24, 2.45) is 7.05 Å². The van der Waals surface area contributed by atoms with Crippen molar-refractivity contribution >= 4 is 21.6 Å². The van der Waals surface area contributed by atoms with Crippen LogP contribution in [0.1, 0.15) is 30.0 Å². The van der Waals surface area contributed by atoms with Crippen molar-refractivity contribution in [2.45, 2.75) is 31.7 Å². The highest BCUT2D eigenvalue weighted by molar-refractivity contribution is 9.10. The van der Waals surface area contributed by atoms with E-state index in [0.717, 1.165) is 11.4 Å². The van der Waals surface area contributed by atoms with Crippen LogP contribution in [0.3, 0.4) is 0 Å². The van der Waals surface area contributed by atoms with Gasteiger partial charge in [0.2, 0.25) is 0 Å². The highest BCUT2D eigenvalue weighted by atomic mass is 79.9. The minimum Gasteiger partial charge on any atom is -0.380 e. The Bertz CT molecular complexity index is 585. The molecule has 1 aromatic carbocycles. The van der Waals surface area contributed by atoms with Gasteiger partial charge in [0.15, 0.2) is 0 Å². The molecule has 0 radical (unpaired) electrons. The third-order valence-electron chi connectivity index (χ3n) is 3.86. The molecule has 1 N–H and O–H groups in total. The fourth-order valence-electron chi connectivity index (χ4n) is 2.76. The molecule has 100 valence electrons. The van der Waals surface area contributed by atoms with Gasteiger partial charge in [0.05, 0.1) is 11.4 Å². The molecule has 2 aromatic rings. The van der Waals surface area contributed by atoms with Gasteiger partial charge < -0.3 is 5.32 Å². The zero-order valence-corrected chi connectivity index (χ0v) is 12.8. The number of anilines is 1. The van der Waals surface area contributed by atoms with Crippen LogP contribution in [0.15, 0.2) is 34.9 Å². The number of halogens is 1. The standard InChI is InChI=1S/C15H18BrN3/c1-10-15(9-19(2)18-10)17-12-7-11(8-12)13-5-3-4-6-14(13)16/h3-6,9,11-12,17H,7-8H2,1-2H3. The van der Waals surface area contributed by atoms with E-state index >= 15 is 0 Å². The molecule has 4 heteroatoms. The molecule has 1 fully saturated rings. The Morgan fingerprint density at radius 1 is 1.32 bits per heavy atom. The Hall–Kier alpha value is -1.29. The van der Waals surface area contributed by atoms with E-state index in [1.165, 1.54) is 22.9 Å². The van der Waals surface area contributed by atoms with E-state index in [9.17, 15) is 0 Å². The van der Waals surface area contributed by atoms with E-state index in [4.69, 9.17) is 0 Å². The van der Waals surface area contributed by atoms with E-state index < -0.39 is 0 Å². The fraction of sp³-hybridized carbons (Fsp3) is 0.400. The third kappa shape index (κ3) is 2.54. The maximum atomic E-state index is 4.36. The Morgan fingerprint density at radius 2 is 2.05 bits per heavy atom. The fourth-order valence-corrected chi connectivity index (χ4v) is 3.37. The first-order chi connectivity index (χ1) is 9.13. The summed E-state index contributed by atoms with van der Waals surface area (Å²) in [6.45, 7) is 2.05. The smallest absolute Gasteiger partial charge is 0.0825 e. The van der Waals surface area contributed by atoms with Gasteiger partial charge in [-0.3, -0.25) is 4.68 Å². The van der Waals surface area contributed by atoms with Crippen molar-refractivity contribution in [1.82, 2.24) is 9.78 Å². The van der Waals surface area contributed by atoms with Gasteiger partial charge in [-0.05, 0) is 37.3 Å². The SMILES string of the molecule is Cc1nn(C)cc1NC1CC(c2ccccc2Br)C1. The van der Waals surface area contributed by atoms with Gasteiger partial charge >= 0.3 is 0 Å². The van der Waals surface area contributed by atoms with E-state index in [2.05, 4.69) is 56.8 Å². The number of aromatic nitrogens is 2. The number of hydrogen-bond acceptors (Lipinski definition) is 2.